The summed E-state index contributed by atoms with van der Waals surface area (Å²) >= 11 is 0. The van der Waals surface area contributed by atoms with Crippen molar-refractivity contribution >= 4 is 5.97 Å². The second kappa shape index (κ2) is 4.38. The smallest absolute Gasteiger partial charge is 0.309 e. The van der Waals surface area contributed by atoms with E-state index in [2.05, 4.69) is 4.74 Å². The van der Waals surface area contributed by atoms with Crippen LogP contribution in [-0.2, 0) is 9.53 Å². The minimum absolute atomic E-state index is 0.0897. The maximum Gasteiger partial charge on any atom is 0.309 e. The zero-order chi connectivity index (χ0) is 11.5. The van der Waals surface area contributed by atoms with Crippen LogP contribution in [0.5, 0.6) is 11.5 Å². The molecular weight excluding hydrogens is 215 g/mol. The van der Waals surface area contributed by atoms with Gasteiger partial charge in [0.25, 0.3) is 0 Å². The highest BCUT2D eigenvalue weighted by Crippen LogP contribution is 2.32. The van der Waals surface area contributed by atoms with Crippen molar-refractivity contribution in [3.8, 4) is 11.5 Å². The summed E-state index contributed by atoms with van der Waals surface area (Å²) in [5, 5.41) is 0. The van der Waals surface area contributed by atoms with E-state index in [4.69, 9.17) is 9.47 Å². The van der Waals surface area contributed by atoms with Crippen LogP contribution in [-0.4, -0.2) is 25.8 Å². The Morgan fingerprint density at radius 2 is 2.38 bits per heavy atom. The van der Waals surface area contributed by atoms with Crippen molar-refractivity contribution in [3.63, 3.8) is 0 Å². The Labute approximate surface area is 91.9 Å². The van der Waals surface area contributed by atoms with Gasteiger partial charge in [0.05, 0.1) is 13.5 Å². The Hall–Kier alpha value is -1.78. The quantitative estimate of drug-likeness (QED) is 0.717. The lowest BCUT2D eigenvalue weighted by atomic mass is 10.2. The molecule has 0 aromatic heterocycles. The molecule has 0 fully saturated rings. The van der Waals surface area contributed by atoms with Crippen molar-refractivity contribution in [1.82, 2.24) is 0 Å². The Morgan fingerprint density at radius 3 is 3.12 bits per heavy atom. The molecule has 1 atom stereocenters. The van der Waals surface area contributed by atoms with Gasteiger partial charge < -0.3 is 14.2 Å². The van der Waals surface area contributed by atoms with Crippen molar-refractivity contribution < 1.29 is 23.4 Å². The van der Waals surface area contributed by atoms with E-state index in [-0.39, 0.29) is 19.0 Å². The van der Waals surface area contributed by atoms with E-state index in [1.54, 1.807) is 0 Å². The molecule has 0 radical (unpaired) electrons. The lowest BCUT2D eigenvalue weighted by Gasteiger charge is -2.25. The van der Waals surface area contributed by atoms with Crippen molar-refractivity contribution in [3.05, 3.63) is 24.0 Å². The number of methoxy groups -OCH3 is 1. The number of hydrogen-bond donors (Lipinski definition) is 0. The number of hydrogen-bond acceptors (Lipinski definition) is 4. The van der Waals surface area contributed by atoms with Crippen LogP contribution in [0, 0.1) is 5.82 Å². The van der Waals surface area contributed by atoms with Crippen molar-refractivity contribution in [1.29, 1.82) is 0 Å². The first-order valence-electron chi connectivity index (χ1n) is 4.85. The zero-order valence-corrected chi connectivity index (χ0v) is 8.73. The monoisotopic (exact) mass is 226 g/mol. The van der Waals surface area contributed by atoms with Gasteiger partial charge in [-0.2, -0.15) is 0 Å². The fourth-order valence-corrected chi connectivity index (χ4v) is 1.46. The molecular formula is C11H11FO4. The normalized spacial score (nSPS) is 18.0. The molecule has 16 heavy (non-hydrogen) atoms. The van der Waals surface area contributed by atoms with Crippen molar-refractivity contribution in [2.75, 3.05) is 13.7 Å². The predicted molar refractivity (Wildman–Crippen MR) is 52.9 cm³/mol. The molecule has 2 rings (SSSR count). The summed E-state index contributed by atoms with van der Waals surface area (Å²) in [5.41, 5.74) is 0. The van der Waals surface area contributed by atoms with E-state index in [0.29, 0.717) is 11.5 Å². The van der Waals surface area contributed by atoms with E-state index in [1.165, 1.54) is 25.3 Å². The van der Waals surface area contributed by atoms with Gasteiger partial charge in [-0.3, -0.25) is 4.79 Å². The summed E-state index contributed by atoms with van der Waals surface area (Å²) in [7, 11) is 1.31. The molecule has 0 N–H and O–H groups in total. The molecule has 5 heteroatoms. The summed E-state index contributed by atoms with van der Waals surface area (Å²) in [6.07, 6.45) is -0.339. The number of halogens is 1. The predicted octanol–water partition coefficient (Wildman–Crippen LogP) is 1.53. The van der Waals surface area contributed by atoms with Gasteiger partial charge in [-0.1, -0.05) is 0 Å². The van der Waals surface area contributed by atoms with Crippen LogP contribution in [0.25, 0.3) is 0 Å². The summed E-state index contributed by atoms with van der Waals surface area (Å²) in [5.74, 6) is 0.0252. The topological polar surface area (TPSA) is 44.8 Å². The lowest BCUT2D eigenvalue weighted by molar-refractivity contribution is -0.143. The lowest BCUT2D eigenvalue weighted by Crippen LogP contribution is -2.31. The molecule has 1 aromatic carbocycles. The number of benzene rings is 1. The van der Waals surface area contributed by atoms with Crippen molar-refractivity contribution in [2.45, 2.75) is 12.5 Å². The first kappa shape index (κ1) is 10.7. The van der Waals surface area contributed by atoms with Crippen LogP contribution in [0.4, 0.5) is 4.39 Å². The van der Waals surface area contributed by atoms with Gasteiger partial charge in [-0.05, 0) is 12.1 Å². The van der Waals surface area contributed by atoms with E-state index < -0.39 is 11.9 Å². The molecule has 4 nitrogen and oxygen atoms in total. The molecule has 0 saturated carbocycles. The van der Waals surface area contributed by atoms with Crippen LogP contribution < -0.4 is 9.47 Å². The second-order valence-electron chi connectivity index (χ2n) is 3.42. The van der Waals surface area contributed by atoms with Gasteiger partial charge in [0, 0.05) is 6.07 Å². The number of ether oxygens (including phenoxy) is 3. The molecule has 0 saturated heterocycles. The third-order valence-corrected chi connectivity index (χ3v) is 2.25. The number of rotatable bonds is 2. The molecule has 1 unspecified atom stereocenters. The summed E-state index contributed by atoms with van der Waals surface area (Å²) < 4.78 is 28.2. The van der Waals surface area contributed by atoms with Gasteiger partial charge in [-0.25, -0.2) is 4.39 Å². The van der Waals surface area contributed by atoms with E-state index >= 15 is 0 Å². The standard InChI is InChI=1S/C11H11FO4/c1-14-11(13)5-8-6-15-9-3-2-7(12)4-10(9)16-8/h2-4,8H,5-6H2,1H3. The number of esters is 1. The van der Waals surface area contributed by atoms with E-state index in [1.807, 2.05) is 0 Å². The van der Waals surface area contributed by atoms with Gasteiger partial charge in [0.15, 0.2) is 11.5 Å². The average molecular weight is 226 g/mol. The van der Waals surface area contributed by atoms with Crippen LogP contribution in [0.3, 0.4) is 0 Å². The fraction of sp³-hybridized carbons (Fsp3) is 0.364. The highest BCUT2D eigenvalue weighted by molar-refractivity contribution is 5.69. The maximum absolute atomic E-state index is 12.9. The van der Waals surface area contributed by atoms with Crippen LogP contribution in [0.15, 0.2) is 18.2 Å². The Kier molecular flexibility index (Phi) is 2.94. The molecule has 0 spiro atoms. The average Bonchev–Trinajstić information content (AvgIpc) is 2.28. The van der Waals surface area contributed by atoms with Gasteiger partial charge in [0.1, 0.15) is 18.5 Å². The Balaban J connectivity index is 2.08. The maximum atomic E-state index is 12.9. The number of carbonyl (C=O) groups excluding carboxylic acids is 1. The minimum atomic E-state index is -0.429. The molecule has 1 aromatic rings. The highest BCUT2D eigenvalue weighted by Gasteiger charge is 2.24. The second-order valence-corrected chi connectivity index (χ2v) is 3.42. The van der Waals surface area contributed by atoms with E-state index in [9.17, 15) is 9.18 Å². The largest absolute Gasteiger partial charge is 0.486 e. The fourth-order valence-electron chi connectivity index (χ4n) is 1.46. The molecule has 86 valence electrons. The Bertz CT molecular complexity index is 405. The highest BCUT2D eigenvalue weighted by atomic mass is 19.1. The molecule has 1 aliphatic heterocycles. The third-order valence-electron chi connectivity index (χ3n) is 2.25. The zero-order valence-electron chi connectivity index (χ0n) is 8.73. The number of carbonyl (C=O) groups is 1. The summed E-state index contributed by atoms with van der Waals surface area (Å²) in [6, 6.07) is 4.03. The SMILES string of the molecule is COC(=O)CC1COc2ccc(F)cc2O1. The summed E-state index contributed by atoms with van der Waals surface area (Å²) in [6.45, 7) is 0.258. The summed E-state index contributed by atoms with van der Waals surface area (Å²) in [4.78, 5) is 11.0. The molecule has 1 aliphatic rings. The third kappa shape index (κ3) is 2.24. The molecule has 0 aliphatic carbocycles. The van der Waals surface area contributed by atoms with Crippen LogP contribution in [0.1, 0.15) is 6.42 Å². The minimum Gasteiger partial charge on any atom is -0.486 e. The first-order valence-corrected chi connectivity index (χ1v) is 4.85. The van der Waals surface area contributed by atoms with E-state index in [0.717, 1.165) is 0 Å². The molecule has 0 bridgehead atoms. The Morgan fingerprint density at radius 1 is 1.56 bits per heavy atom. The van der Waals surface area contributed by atoms with Crippen LogP contribution in [0.2, 0.25) is 0 Å². The van der Waals surface area contributed by atoms with Gasteiger partial charge in [-0.15, -0.1) is 0 Å². The first-order chi connectivity index (χ1) is 7.69. The van der Waals surface area contributed by atoms with Gasteiger partial charge in [0.2, 0.25) is 0 Å². The molecule has 0 amide bonds. The van der Waals surface area contributed by atoms with Crippen molar-refractivity contribution in [2.24, 2.45) is 0 Å². The van der Waals surface area contributed by atoms with Gasteiger partial charge >= 0.3 is 5.97 Å². The number of fused-ring (bicyclic) bond motifs is 1. The van der Waals surface area contributed by atoms with Crippen LogP contribution >= 0.6 is 0 Å². The molecule has 1 heterocycles.